The minimum absolute atomic E-state index is 0.303. The van der Waals surface area contributed by atoms with Crippen LogP contribution < -0.4 is 10.2 Å². The van der Waals surface area contributed by atoms with E-state index in [2.05, 4.69) is 26.5 Å². The van der Waals surface area contributed by atoms with Crippen molar-refractivity contribution in [1.29, 1.82) is 0 Å². The fraction of sp³-hybridized carbons (Fsp3) is 0.0526. The Hall–Kier alpha value is -2.86. The van der Waals surface area contributed by atoms with E-state index in [1.165, 1.54) is 12.5 Å². The van der Waals surface area contributed by atoms with Gasteiger partial charge in [-0.15, -0.1) is 0 Å². The molecule has 5 nitrogen and oxygen atoms in total. The molecule has 0 saturated heterocycles. The number of hydrazone groups is 1. The number of nitrogens with zero attached hydrogens (tertiary/aromatic N) is 1. The number of furan rings is 1. The maximum Gasteiger partial charge on any atom is 0.271 e. The maximum absolute atomic E-state index is 12.0. The summed E-state index contributed by atoms with van der Waals surface area (Å²) in [4.78, 5) is 12.0. The van der Waals surface area contributed by atoms with Gasteiger partial charge in [-0.3, -0.25) is 4.79 Å². The number of halogens is 1. The van der Waals surface area contributed by atoms with E-state index in [1.807, 2.05) is 24.3 Å². The molecule has 25 heavy (non-hydrogen) atoms. The fourth-order valence-corrected chi connectivity index (χ4v) is 2.30. The Morgan fingerprint density at radius 2 is 1.88 bits per heavy atom. The molecule has 3 rings (SSSR count). The van der Waals surface area contributed by atoms with Crippen molar-refractivity contribution in [3.63, 3.8) is 0 Å². The highest BCUT2D eigenvalue weighted by Crippen LogP contribution is 2.16. The monoisotopic (exact) mass is 398 g/mol. The van der Waals surface area contributed by atoms with Gasteiger partial charge in [-0.25, -0.2) is 5.43 Å². The molecular weight excluding hydrogens is 384 g/mol. The van der Waals surface area contributed by atoms with Crippen molar-refractivity contribution >= 4 is 28.1 Å². The van der Waals surface area contributed by atoms with Crippen molar-refractivity contribution < 1.29 is 13.9 Å². The maximum atomic E-state index is 12.0. The molecule has 0 atom stereocenters. The molecule has 126 valence electrons. The van der Waals surface area contributed by atoms with E-state index in [4.69, 9.17) is 9.15 Å². The molecule has 2 aromatic carbocycles. The third-order valence-electron chi connectivity index (χ3n) is 3.34. The third-order valence-corrected chi connectivity index (χ3v) is 3.86. The quantitative estimate of drug-likeness (QED) is 0.494. The third kappa shape index (κ3) is 5.06. The van der Waals surface area contributed by atoms with Crippen molar-refractivity contribution in [2.45, 2.75) is 6.61 Å². The minimum Gasteiger partial charge on any atom is -0.489 e. The van der Waals surface area contributed by atoms with Gasteiger partial charge in [0.05, 0.1) is 12.5 Å². The largest absolute Gasteiger partial charge is 0.489 e. The number of hydrogen-bond acceptors (Lipinski definition) is 4. The van der Waals surface area contributed by atoms with Gasteiger partial charge in [-0.2, -0.15) is 5.10 Å². The molecule has 0 aliphatic carbocycles. The molecule has 0 radical (unpaired) electrons. The number of ether oxygens (including phenoxy) is 1. The topological polar surface area (TPSA) is 63.8 Å². The van der Waals surface area contributed by atoms with Crippen LogP contribution in [0.25, 0.3) is 0 Å². The minimum atomic E-state index is -0.303. The lowest BCUT2D eigenvalue weighted by molar-refractivity contribution is 0.0955. The summed E-state index contributed by atoms with van der Waals surface area (Å²) >= 11 is 3.40. The Morgan fingerprint density at radius 3 is 2.56 bits per heavy atom. The first kappa shape index (κ1) is 17.0. The van der Waals surface area contributed by atoms with Crippen LogP contribution in [0.2, 0.25) is 0 Å². The van der Waals surface area contributed by atoms with E-state index in [-0.39, 0.29) is 5.91 Å². The first-order chi connectivity index (χ1) is 12.2. The zero-order chi connectivity index (χ0) is 17.5. The van der Waals surface area contributed by atoms with Gasteiger partial charge >= 0.3 is 0 Å². The number of benzene rings is 2. The SMILES string of the molecule is O=C(N/N=C/c1ccco1)c1ccc(OCc2ccc(Br)cc2)cc1. The molecular formula is C19H15BrN2O3. The highest BCUT2D eigenvalue weighted by Gasteiger charge is 2.04. The van der Waals surface area contributed by atoms with E-state index < -0.39 is 0 Å². The Morgan fingerprint density at radius 1 is 1.12 bits per heavy atom. The predicted octanol–water partition coefficient (Wildman–Crippen LogP) is 4.39. The molecule has 1 aromatic heterocycles. The summed E-state index contributed by atoms with van der Waals surface area (Å²) in [5, 5.41) is 3.84. The molecule has 0 bridgehead atoms. The van der Waals surface area contributed by atoms with Gasteiger partial charge < -0.3 is 9.15 Å². The number of hydrogen-bond donors (Lipinski definition) is 1. The lowest BCUT2D eigenvalue weighted by Crippen LogP contribution is -2.17. The van der Waals surface area contributed by atoms with Crippen LogP contribution in [0.4, 0.5) is 0 Å². The van der Waals surface area contributed by atoms with Crippen LogP contribution in [0.3, 0.4) is 0 Å². The summed E-state index contributed by atoms with van der Waals surface area (Å²) in [6, 6.07) is 18.3. The van der Waals surface area contributed by atoms with Crippen LogP contribution in [0.5, 0.6) is 5.75 Å². The molecule has 0 unspecified atom stereocenters. The molecule has 0 aliphatic heterocycles. The molecule has 0 saturated carbocycles. The second-order valence-corrected chi connectivity index (χ2v) is 6.07. The second-order valence-electron chi connectivity index (χ2n) is 5.15. The van der Waals surface area contributed by atoms with Gasteiger partial charge in [0.15, 0.2) is 0 Å². The van der Waals surface area contributed by atoms with Crippen molar-refractivity contribution in [2.24, 2.45) is 5.10 Å². The smallest absolute Gasteiger partial charge is 0.271 e. The Balaban J connectivity index is 1.52. The number of carbonyl (C=O) groups is 1. The standard InChI is InChI=1S/C19H15BrN2O3/c20-16-7-3-14(4-8-16)13-25-17-9-5-15(6-10-17)19(23)22-21-12-18-2-1-11-24-18/h1-12H,13H2,(H,22,23)/b21-12+. The molecule has 1 heterocycles. The molecule has 0 aliphatic rings. The summed E-state index contributed by atoms with van der Waals surface area (Å²) in [5.41, 5.74) is 4.01. The lowest BCUT2D eigenvalue weighted by atomic mass is 10.2. The summed E-state index contributed by atoms with van der Waals surface area (Å²) in [6.07, 6.45) is 2.98. The van der Waals surface area contributed by atoms with Crippen LogP contribution in [-0.2, 0) is 6.61 Å². The average Bonchev–Trinajstić information content (AvgIpc) is 3.15. The first-order valence-electron chi connectivity index (χ1n) is 7.55. The lowest BCUT2D eigenvalue weighted by Gasteiger charge is -2.07. The van der Waals surface area contributed by atoms with Gasteiger partial charge in [0, 0.05) is 10.0 Å². The van der Waals surface area contributed by atoms with Crippen LogP contribution in [0.1, 0.15) is 21.7 Å². The van der Waals surface area contributed by atoms with E-state index in [0.29, 0.717) is 23.7 Å². The number of amides is 1. The molecule has 6 heteroatoms. The molecule has 3 aromatic rings. The van der Waals surface area contributed by atoms with Crippen molar-refractivity contribution in [1.82, 2.24) is 5.43 Å². The highest BCUT2D eigenvalue weighted by atomic mass is 79.9. The van der Waals surface area contributed by atoms with E-state index in [9.17, 15) is 4.79 Å². The van der Waals surface area contributed by atoms with Gasteiger partial charge in [-0.05, 0) is 54.1 Å². The summed E-state index contributed by atoms with van der Waals surface area (Å²) in [5.74, 6) is 0.956. The zero-order valence-corrected chi connectivity index (χ0v) is 14.8. The average molecular weight is 399 g/mol. The Labute approximate surface area is 153 Å². The second kappa shape index (κ2) is 8.30. The van der Waals surface area contributed by atoms with E-state index in [1.54, 1.807) is 36.4 Å². The van der Waals surface area contributed by atoms with Crippen LogP contribution in [-0.4, -0.2) is 12.1 Å². The highest BCUT2D eigenvalue weighted by molar-refractivity contribution is 9.10. The van der Waals surface area contributed by atoms with Crippen molar-refractivity contribution in [3.05, 3.63) is 88.3 Å². The zero-order valence-electron chi connectivity index (χ0n) is 13.2. The summed E-state index contributed by atoms with van der Waals surface area (Å²) in [7, 11) is 0. The van der Waals surface area contributed by atoms with Crippen molar-refractivity contribution in [3.8, 4) is 5.75 Å². The van der Waals surface area contributed by atoms with Gasteiger partial charge in [0.25, 0.3) is 5.91 Å². The number of carbonyl (C=O) groups excluding carboxylic acids is 1. The molecule has 1 N–H and O–H groups in total. The Bertz CT molecular complexity index is 841. The van der Waals surface area contributed by atoms with Crippen molar-refractivity contribution in [2.75, 3.05) is 0 Å². The fourth-order valence-electron chi connectivity index (χ4n) is 2.03. The Kier molecular flexibility index (Phi) is 5.64. The summed E-state index contributed by atoms with van der Waals surface area (Å²) in [6.45, 7) is 0.465. The van der Waals surface area contributed by atoms with E-state index in [0.717, 1.165) is 10.0 Å². The van der Waals surface area contributed by atoms with Gasteiger partial charge in [0.1, 0.15) is 18.1 Å². The molecule has 1 amide bonds. The molecule has 0 fully saturated rings. The van der Waals surface area contributed by atoms with Crippen LogP contribution in [0.15, 0.2) is 80.9 Å². The number of nitrogens with one attached hydrogen (secondary N) is 1. The van der Waals surface area contributed by atoms with Gasteiger partial charge in [-0.1, -0.05) is 28.1 Å². The molecule has 0 spiro atoms. The van der Waals surface area contributed by atoms with E-state index >= 15 is 0 Å². The predicted molar refractivity (Wildman–Crippen MR) is 98.7 cm³/mol. The summed E-state index contributed by atoms with van der Waals surface area (Å²) < 4.78 is 11.8. The van der Waals surface area contributed by atoms with Crippen LogP contribution in [0, 0.1) is 0 Å². The normalized spacial score (nSPS) is 10.8. The van der Waals surface area contributed by atoms with Gasteiger partial charge in [0.2, 0.25) is 0 Å². The van der Waals surface area contributed by atoms with Crippen LogP contribution >= 0.6 is 15.9 Å². The number of rotatable bonds is 6. The first-order valence-corrected chi connectivity index (χ1v) is 8.34.